The standard InChI is InChI=1S/C13H13N3O2/c17-13(18)12-11(14-8-4-3-5-8)9-6-1-2-7-10(9)15-16-12/h1-2,6-8H,3-5H2,(H,14,15)(H,17,18). The molecule has 0 spiro atoms. The monoisotopic (exact) mass is 243 g/mol. The molecule has 1 aliphatic carbocycles. The number of aromatic nitrogens is 2. The van der Waals surface area contributed by atoms with Crippen molar-refractivity contribution in [2.24, 2.45) is 0 Å². The van der Waals surface area contributed by atoms with Crippen molar-refractivity contribution >= 4 is 22.6 Å². The summed E-state index contributed by atoms with van der Waals surface area (Å²) < 4.78 is 0. The predicted octanol–water partition coefficient (Wildman–Crippen LogP) is 2.29. The first-order valence-electron chi connectivity index (χ1n) is 6.01. The van der Waals surface area contributed by atoms with Gasteiger partial charge < -0.3 is 10.4 Å². The van der Waals surface area contributed by atoms with Crippen LogP contribution in [0, 0.1) is 0 Å². The topological polar surface area (TPSA) is 75.1 Å². The summed E-state index contributed by atoms with van der Waals surface area (Å²) in [6.45, 7) is 0. The van der Waals surface area contributed by atoms with Crippen molar-refractivity contribution in [1.82, 2.24) is 10.2 Å². The first kappa shape index (κ1) is 11.0. The van der Waals surface area contributed by atoms with E-state index in [1.165, 1.54) is 6.42 Å². The summed E-state index contributed by atoms with van der Waals surface area (Å²) in [5, 5.41) is 21.0. The SMILES string of the molecule is O=C(O)c1nnc2ccccc2c1NC1CCC1. The average Bonchev–Trinajstić information content (AvgIpc) is 2.33. The number of nitrogens with zero attached hydrogens (tertiary/aromatic N) is 2. The molecule has 0 amide bonds. The highest BCUT2D eigenvalue weighted by molar-refractivity contribution is 6.02. The number of carbonyl (C=O) groups is 1. The molecule has 92 valence electrons. The van der Waals surface area contributed by atoms with Gasteiger partial charge in [-0.05, 0) is 25.3 Å². The third-order valence-corrected chi connectivity index (χ3v) is 3.32. The van der Waals surface area contributed by atoms with Crippen molar-refractivity contribution in [3.8, 4) is 0 Å². The van der Waals surface area contributed by atoms with E-state index in [1.807, 2.05) is 24.3 Å². The molecular formula is C13H13N3O2. The Kier molecular flexibility index (Phi) is 2.59. The van der Waals surface area contributed by atoms with Crippen LogP contribution in [0.15, 0.2) is 24.3 Å². The van der Waals surface area contributed by atoms with E-state index in [0.717, 1.165) is 18.2 Å². The van der Waals surface area contributed by atoms with Crippen molar-refractivity contribution in [2.45, 2.75) is 25.3 Å². The second-order valence-electron chi connectivity index (χ2n) is 4.52. The van der Waals surface area contributed by atoms with Gasteiger partial charge in [0.1, 0.15) is 0 Å². The number of carboxylic acids is 1. The summed E-state index contributed by atoms with van der Waals surface area (Å²) in [6.07, 6.45) is 3.35. The molecular weight excluding hydrogens is 230 g/mol. The first-order chi connectivity index (χ1) is 8.75. The van der Waals surface area contributed by atoms with E-state index in [-0.39, 0.29) is 5.69 Å². The summed E-state index contributed by atoms with van der Waals surface area (Å²) in [5.41, 5.74) is 1.31. The zero-order valence-corrected chi connectivity index (χ0v) is 9.76. The number of hydrogen-bond acceptors (Lipinski definition) is 4. The van der Waals surface area contributed by atoms with Crippen molar-refractivity contribution in [1.29, 1.82) is 0 Å². The summed E-state index contributed by atoms with van der Waals surface area (Å²) in [4.78, 5) is 11.2. The average molecular weight is 243 g/mol. The fourth-order valence-corrected chi connectivity index (χ4v) is 2.11. The third kappa shape index (κ3) is 1.77. The minimum absolute atomic E-state index is 0.000556. The normalized spacial score (nSPS) is 15.3. The van der Waals surface area contributed by atoms with Crippen LogP contribution in [0.5, 0.6) is 0 Å². The quantitative estimate of drug-likeness (QED) is 0.865. The van der Waals surface area contributed by atoms with Gasteiger partial charge in [0.05, 0.1) is 11.2 Å². The molecule has 2 N–H and O–H groups in total. The lowest BCUT2D eigenvalue weighted by Crippen LogP contribution is -2.28. The summed E-state index contributed by atoms with van der Waals surface area (Å²) >= 11 is 0. The van der Waals surface area contributed by atoms with Gasteiger partial charge in [0.15, 0.2) is 5.69 Å². The third-order valence-electron chi connectivity index (χ3n) is 3.32. The minimum Gasteiger partial charge on any atom is -0.476 e. The Morgan fingerprint density at radius 3 is 2.72 bits per heavy atom. The van der Waals surface area contributed by atoms with Crippen LogP contribution in [0.3, 0.4) is 0 Å². The van der Waals surface area contributed by atoms with Crippen LogP contribution in [0.4, 0.5) is 5.69 Å². The predicted molar refractivity (Wildman–Crippen MR) is 67.8 cm³/mol. The number of rotatable bonds is 3. The van der Waals surface area contributed by atoms with E-state index in [4.69, 9.17) is 0 Å². The Hall–Kier alpha value is -2.17. The molecule has 0 saturated heterocycles. The molecule has 0 aliphatic heterocycles. The van der Waals surface area contributed by atoms with Crippen molar-refractivity contribution in [3.05, 3.63) is 30.0 Å². The smallest absolute Gasteiger partial charge is 0.358 e. The maximum absolute atomic E-state index is 11.2. The highest BCUT2D eigenvalue weighted by Gasteiger charge is 2.22. The lowest BCUT2D eigenvalue weighted by atomic mass is 9.92. The molecule has 5 nitrogen and oxygen atoms in total. The fourth-order valence-electron chi connectivity index (χ4n) is 2.11. The largest absolute Gasteiger partial charge is 0.476 e. The Morgan fingerprint density at radius 1 is 1.28 bits per heavy atom. The van der Waals surface area contributed by atoms with E-state index in [0.29, 0.717) is 17.2 Å². The summed E-state index contributed by atoms with van der Waals surface area (Å²) in [7, 11) is 0. The number of benzene rings is 1. The van der Waals surface area contributed by atoms with Crippen molar-refractivity contribution in [2.75, 3.05) is 5.32 Å². The minimum atomic E-state index is -1.05. The number of carboxylic acid groups (broad SMARTS) is 1. The van der Waals surface area contributed by atoms with Crippen molar-refractivity contribution < 1.29 is 9.90 Å². The molecule has 0 radical (unpaired) electrons. The van der Waals surface area contributed by atoms with Crippen LogP contribution in [0.2, 0.25) is 0 Å². The number of hydrogen-bond donors (Lipinski definition) is 2. The van der Waals surface area contributed by atoms with Crippen LogP contribution in [-0.2, 0) is 0 Å². The van der Waals surface area contributed by atoms with Gasteiger partial charge in [-0.1, -0.05) is 18.2 Å². The fraction of sp³-hybridized carbons (Fsp3) is 0.308. The van der Waals surface area contributed by atoms with Crippen LogP contribution in [0.25, 0.3) is 10.9 Å². The Labute approximate surface area is 104 Å². The number of nitrogens with one attached hydrogen (secondary N) is 1. The molecule has 0 atom stereocenters. The number of aromatic carboxylic acids is 1. The van der Waals surface area contributed by atoms with E-state index >= 15 is 0 Å². The second kappa shape index (κ2) is 4.25. The Balaban J connectivity index is 2.14. The van der Waals surface area contributed by atoms with E-state index in [1.54, 1.807) is 0 Å². The van der Waals surface area contributed by atoms with Gasteiger partial charge in [-0.2, -0.15) is 0 Å². The van der Waals surface area contributed by atoms with Gasteiger partial charge in [-0.25, -0.2) is 4.79 Å². The van der Waals surface area contributed by atoms with Gasteiger partial charge in [0, 0.05) is 11.4 Å². The maximum atomic E-state index is 11.2. The zero-order chi connectivity index (χ0) is 12.5. The van der Waals surface area contributed by atoms with Gasteiger partial charge in [-0.15, -0.1) is 10.2 Å². The van der Waals surface area contributed by atoms with Crippen LogP contribution in [0.1, 0.15) is 29.8 Å². The Morgan fingerprint density at radius 2 is 2.06 bits per heavy atom. The molecule has 18 heavy (non-hydrogen) atoms. The molecule has 3 rings (SSSR count). The van der Waals surface area contributed by atoms with Crippen LogP contribution < -0.4 is 5.32 Å². The highest BCUT2D eigenvalue weighted by Crippen LogP contribution is 2.29. The molecule has 5 heteroatoms. The molecule has 1 saturated carbocycles. The van der Waals surface area contributed by atoms with Gasteiger partial charge >= 0.3 is 5.97 Å². The molecule has 1 heterocycles. The number of anilines is 1. The Bertz CT molecular complexity index is 608. The molecule has 1 aromatic heterocycles. The van der Waals surface area contributed by atoms with E-state index in [2.05, 4.69) is 15.5 Å². The molecule has 1 aliphatic rings. The van der Waals surface area contributed by atoms with Gasteiger partial charge in [-0.3, -0.25) is 0 Å². The van der Waals surface area contributed by atoms with Crippen LogP contribution >= 0.6 is 0 Å². The molecule has 1 fully saturated rings. The number of fused-ring (bicyclic) bond motifs is 1. The van der Waals surface area contributed by atoms with Gasteiger partial charge in [0.2, 0.25) is 0 Å². The van der Waals surface area contributed by atoms with E-state index in [9.17, 15) is 9.90 Å². The van der Waals surface area contributed by atoms with E-state index < -0.39 is 5.97 Å². The van der Waals surface area contributed by atoms with Crippen molar-refractivity contribution in [3.63, 3.8) is 0 Å². The van der Waals surface area contributed by atoms with Crippen LogP contribution in [-0.4, -0.2) is 27.3 Å². The maximum Gasteiger partial charge on any atom is 0.358 e. The zero-order valence-electron chi connectivity index (χ0n) is 9.76. The highest BCUT2D eigenvalue weighted by atomic mass is 16.4. The summed E-state index contributed by atoms with van der Waals surface area (Å²) in [5.74, 6) is -1.05. The second-order valence-corrected chi connectivity index (χ2v) is 4.52. The first-order valence-corrected chi connectivity index (χ1v) is 6.01. The molecule has 2 aromatic rings. The lowest BCUT2D eigenvalue weighted by Gasteiger charge is -2.28. The summed E-state index contributed by atoms with van der Waals surface area (Å²) in [6, 6.07) is 7.81. The molecule has 1 aromatic carbocycles. The van der Waals surface area contributed by atoms with Gasteiger partial charge in [0.25, 0.3) is 0 Å². The molecule has 0 bridgehead atoms. The lowest BCUT2D eigenvalue weighted by molar-refractivity contribution is 0.0690. The molecule has 0 unspecified atom stereocenters.